The minimum Gasteiger partial charge on any atom is -0.481 e. The molecule has 19 heavy (non-hydrogen) atoms. The van der Waals surface area contributed by atoms with Crippen LogP contribution in [0.15, 0.2) is 24.3 Å². The topological polar surface area (TPSA) is 66.4 Å². The Labute approximate surface area is 106 Å². The van der Waals surface area contributed by atoms with Crippen LogP contribution < -0.4 is 5.32 Å². The molecular formula is C12H10F3NO3. The smallest absolute Gasteiger partial charge is 0.471 e. The maximum atomic E-state index is 12.2. The fraction of sp³-hybridized carbons (Fsp3) is 0.333. The van der Waals surface area contributed by atoms with Crippen molar-refractivity contribution < 1.29 is 27.9 Å². The molecule has 0 aliphatic heterocycles. The Bertz CT molecular complexity index is 535. The van der Waals surface area contributed by atoms with Crippen molar-refractivity contribution in [3.63, 3.8) is 0 Å². The Morgan fingerprint density at radius 2 is 1.79 bits per heavy atom. The van der Waals surface area contributed by atoms with Gasteiger partial charge >= 0.3 is 18.1 Å². The highest BCUT2D eigenvalue weighted by Crippen LogP contribution is 2.50. The number of aliphatic carboxylic acids is 1. The third kappa shape index (κ3) is 2.40. The van der Waals surface area contributed by atoms with E-state index in [0.29, 0.717) is 12.8 Å². The van der Waals surface area contributed by atoms with Crippen molar-refractivity contribution in [3.05, 3.63) is 29.8 Å². The van der Waals surface area contributed by atoms with Gasteiger partial charge in [-0.25, -0.2) is 0 Å². The number of nitrogens with one attached hydrogen (secondary N) is 1. The van der Waals surface area contributed by atoms with Crippen LogP contribution in [-0.4, -0.2) is 23.2 Å². The van der Waals surface area contributed by atoms with Crippen LogP contribution in [0.25, 0.3) is 0 Å². The van der Waals surface area contributed by atoms with Gasteiger partial charge in [0.15, 0.2) is 0 Å². The molecule has 7 heteroatoms. The molecule has 0 unspecified atom stereocenters. The van der Waals surface area contributed by atoms with Gasteiger partial charge in [-0.3, -0.25) is 9.59 Å². The van der Waals surface area contributed by atoms with Crippen LogP contribution in [-0.2, 0) is 15.0 Å². The van der Waals surface area contributed by atoms with Gasteiger partial charge in [-0.1, -0.05) is 18.2 Å². The second-order valence-electron chi connectivity index (χ2n) is 4.38. The van der Waals surface area contributed by atoms with Gasteiger partial charge in [-0.15, -0.1) is 0 Å². The fourth-order valence-electron chi connectivity index (χ4n) is 1.93. The molecular weight excluding hydrogens is 263 g/mol. The van der Waals surface area contributed by atoms with Gasteiger partial charge in [0, 0.05) is 5.69 Å². The van der Waals surface area contributed by atoms with E-state index in [1.807, 2.05) is 0 Å². The largest absolute Gasteiger partial charge is 0.481 e. The first-order chi connectivity index (χ1) is 8.77. The SMILES string of the molecule is O=C(Nc1ccccc1C1(C(=O)O)CC1)C(F)(F)F. The molecule has 0 aromatic heterocycles. The van der Waals surface area contributed by atoms with E-state index in [1.54, 1.807) is 5.32 Å². The molecule has 1 fully saturated rings. The van der Waals surface area contributed by atoms with Crippen molar-refractivity contribution in [1.82, 2.24) is 0 Å². The molecule has 0 radical (unpaired) electrons. The molecule has 102 valence electrons. The standard InChI is InChI=1S/C12H10F3NO3/c13-12(14,15)9(17)16-8-4-2-1-3-7(8)11(5-6-11)10(18)19/h1-4H,5-6H2,(H,16,17)(H,18,19). The predicted molar refractivity (Wildman–Crippen MR) is 59.7 cm³/mol. The highest BCUT2D eigenvalue weighted by molar-refractivity contribution is 5.97. The van der Waals surface area contributed by atoms with Crippen molar-refractivity contribution in [2.24, 2.45) is 0 Å². The maximum Gasteiger partial charge on any atom is 0.471 e. The average Bonchev–Trinajstić information content (AvgIpc) is 3.09. The van der Waals surface area contributed by atoms with Crippen LogP contribution in [0.5, 0.6) is 0 Å². The van der Waals surface area contributed by atoms with Crippen LogP contribution in [0.1, 0.15) is 18.4 Å². The zero-order valence-electron chi connectivity index (χ0n) is 9.62. The fourth-order valence-corrected chi connectivity index (χ4v) is 1.93. The summed E-state index contributed by atoms with van der Waals surface area (Å²) >= 11 is 0. The molecule has 0 atom stereocenters. The number of carboxylic acid groups (broad SMARTS) is 1. The predicted octanol–water partition coefficient (Wildman–Crippen LogP) is 2.30. The van der Waals surface area contributed by atoms with Crippen molar-refractivity contribution in [3.8, 4) is 0 Å². The van der Waals surface area contributed by atoms with Gasteiger partial charge in [-0.05, 0) is 24.5 Å². The number of amides is 1. The summed E-state index contributed by atoms with van der Waals surface area (Å²) in [5.74, 6) is -3.21. The Hall–Kier alpha value is -2.05. The number of alkyl halides is 3. The second kappa shape index (κ2) is 4.25. The van der Waals surface area contributed by atoms with Gasteiger partial charge in [0.05, 0.1) is 5.41 Å². The Kier molecular flexibility index (Phi) is 3.00. The summed E-state index contributed by atoms with van der Waals surface area (Å²) in [5, 5.41) is 10.9. The molecule has 2 N–H and O–H groups in total. The average molecular weight is 273 g/mol. The Balaban J connectivity index is 2.33. The molecule has 1 saturated carbocycles. The lowest BCUT2D eigenvalue weighted by Crippen LogP contribution is -2.31. The first-order valence-corrected chi connectivity index (χ1v) is 5.48. The Morgan fingerprint density at radius 3 is 2.26 bits per heavy atom. The van der Waals surface area contributed by atoms with E-state index in [1.165, 1.54) is 24.3 Å². The van der Waals surface area contributed by atoms with Gasteiger partial charge in [0.2, 0.25) is 0 Å². The van der Waals surface area contributed by atoms with Gasteiger partial charge in [0.25, 0.3) is 0 Å². The number of rotatable bonds is 3. The molecule has 2 rings (SSSR count). The zero-order chi connectivity index (χ0) is 14.3. The number of benzene rings is 1. The van der Waals surface area contributed by atoms with Crippen molar-refractivity contribution in [2.75, 3.05) is 5.32 Å². The van der Waals surface area contributed by atoms with Crippen LogP contribution >= 0.6 is 0 Å². The maximum absolute atomic E-state index is 12.2. The van der Waals surface area contributed by atoms with Gasteiger partial charge in [-0.2, -0.15) is 13.2 Å². The molecule has 1 aliphatic carbocycles. The number of carboxylic acids is 1. The van der Waals surface area contributed by atoms with E-state index >= 15 is 0 Å². The third-order valence-corrected chi connectivity index (χ3v) is 3.11. The number of anilines is 1. The molecule has 1 aromatic carbocycles. The number of carbonyl (C=O) groups is 2. The van der Waals surface area contributed by atoms with Gasteiger partial charge in [0.1, 0.15) is 0 Å². The van der Waals surface area contributed by atoms with Crippen LogP contribution in [0.4, 0.5) is 18.9 Å². The first-order valence-electron chi connectivity index (χ1n) is 5.48. The minimum absolute atomic E-state index is 0.107. The summed E-state index contributed by atoms with van der Waals surface area (Å²) < 4.78 is 36.6. The zero-order valence-corrected chi connectivity index (χ0v) is 9.62. The lowest BCUT2D eigenvalue weighted by molar-refractivity contribution is -0.167. The van der Waals surface area contributed by atoms with Crippen LogP contribution in [0.3, 0.4) is 0 Å². The molecule has 1 amide bonds. The van der Waals surface area contributed by atoms with E-state index in [0.717, 1.165) is 0 Å². The van der Waals surface area contributed by atoms with Crippen molar-refractivity contribution in [1.29, 1.82) is 0 Å². The molecule has 0 heterocycles. The highest BCUT2D eigenvalue weighted by Gasteiger charge is 2.53. The molecule has 0 saturated heterocycles. The van der Waals surface area contributed by atoms with Crippen molar-refractivity contribution >= 4 is 17.6 Å². The Morgan fingerprint density at radius 1 is 1.21 bits per heavy atom. The van der Waals surface area contributed by atoms with Crippen LogP contribution in [0.2, 0.25) is 0 Å². The third-order valence-electron chi connectivity index (χ3n) is 3.11. The molecule has 1 aromatic rings. The summed E-state index contributed by atoms with van der Waals surface area (Å²) in [7, 11) is 0. The quantitative estimate of drug-likeness (QED) is 0.888. The number of hydrogen-bond acceptors (Lipinski definition) is 2. The van der Waals surface area contributed by atoms with E-state index < -0.39 is 23.5 Å². The summed E-state index contributed by atoms with van der Waals surface area (Å²) in [6.45, 7) is 0. The number of hydrogen-bond donors (Lipinski definition) is 2. The number of para-hydroxylation sites is 1. The highest BCUT2D eigenvalue weighted by atomic mass is 19.4. The van der Waals surface area contributed by atoms with E-state index in [2.05, 4.69) is 0 Å². The van der Waals surface area contributed by atoms with Crippen LogP contribution in [0, 0.1) is 0 Å². The van der Waals surface area contributed by atoms with Crippen molar-refractivity contribution in [2.45, 2.75) is 24.4 Å². The normalized spacial score (nSPS) is 16.8. The first kappa shape index (κ1) is 13.4. The molecule has 4 nitrogen and oxygen atoms in total. The van der Waals surface area contributed by atoms with E-state index in [4.69, 9.17) is 5.11 Å². The summed E-state index contributed by atoms with van der Waals surface area (Å²) in [5.41, 5.74) is -1.07. The molecule has 0 bridgehead atoms. The van der Waals surface area contributed by atoms with E-state index in [-0.39, 0.29) is 11.3 Å². The summed E-state index contributed by atoms with van der Waals surface area (Å²) in [6, 6.07) is 5.66. The molecule has 0 spiro atoms. The monoisotopic (exact) mass is 273 g/mol. The molecule has 1 aliphatic rings. The number of carbonyl (C=O) groups excluding carboxylic acids is 1. The summed E-state index contributed by atoms with van der Waals surface area (Å²) in [6.07, 6.45) is -4.31. The summed E-state index contributed by atoms with van der Waals surface area (Å²) in [4.78, 5) is 22.1. The lowest BCUT2D eigenvalue weighted by atomic mass is 9.94. The van der Waals surface area contributed by atoms with Gasteiger partial charge < -0.3 is 10.4 Å². The lowest BCUT2D eigenvalue weighted by Gasteiger charge is -2.16. The second-order valence-corrected chi connectivity index (χ2v) is 4.38. The van der Waals surface area contributed by atoms with E-state index in [9.17, 15) is 22.8 Å². The minimum atomic E-state index is -5.01. The number of halogens is 3.